The SMILES string of the molecule is CC(NC(=O)c1ccnc(CNC(=O)C(CCCCN)C(C)C)c1)C(=O)N1CCCC1B(O)O. The predicted octanol–water partition coefficient (Wildman–Crippen LogP) is 0.220. The second kappa shape index (κ2) is 13.4. The zero-order chi connectivity index (χ0) is 25.3. The lowest BCUT2D eigenvalue weighted by atomic mass is 9.78. The molecule has 0 saturated carbocycles. The minimum atomic E-state index is -1.61. The van der Waals surface area contributed by atoms with Crippen LogP contribution in [0.5, 0.6) is 0 Å². The van der Waals surface area contributed by atoms with Crippen LogP contribution in [0.15, 0.2) is 18.3 Å². The summed E-state index contributed by atoms with van der Waals surface area (Å²) in [5.74, 6) is -1.43. The first-order valence-electron chi connectivity index (χ1n) is 12.1. The highest BCUT2D eigenvalue weighted by molar-refractivity contribution is 6.43. The van der Waals surface area contributed by atoms with E-state index in [9.17, 15) is 24.4 Å². The van der Waals surface area contributed by atoms with Crippen LogP contribution < -0.4 is 16.4 Å². The second-order valence-electron chi connectivity index (χ2n) is 9.24. The van der Waals surface area contributed by atoms with E-state index in [4.69, 9.17) is 5.73 Å². The van der Waals surface area contributed by atoms with Gasteiger partial charge in [0.25, 0.3) is 5.91 Å². The van der Waals surface area contributed by atoms with Gasteiger partial charge in [0.1, 0.15) is 6.04 Å². The minimum absolute atomic E-state index is 0.0471. The molecule has 188 valence electrons. The van der Waals surface area contributed by atoms with E-state index in [0.29, 0.717) is 37.2 Å². The van der Waals surface area contributed by atoms with Crippen molar-refractivity contribution < 1.29 is 24.4 Å². The summed E-state index contributed by atoms with van der Waals surface area (Å²) in [6.45, 7) is 6.83. The molecular weight excluding hydrogens is 437 g/mol. The van der Waals surface area contributed by atoms with E-state index in [0.717, 1.165) is 19.3 Å². The van der Waals surface area contributed by atoms with E-state index >= 15 is 0 Å². The van der Waals surface area contributed by atoms with Crippen molar-refractivity contribution in [3.63, 3.8) is 0 Å². The number of carbonyl (C=O) groups is 3. The molecule has 2 heterocycles. The summed E-state index contributed by atoms with van der Waals surface area (Å²) in [5, 5.41) is 24.5. The molecule has 3 amide bonds. The monoisotopic (exact) mass is 475 g/mol. The number of likely N-dealkylation sites (tertiary alicyclic amines) is 1. The molecule has 1 fully saturated rings. The highest BCUT2D eigenvalue weighted by Gasteiger charge is 2.38. The van der Waals surface area contributed by atoms with E-state index in [1.165, 1.54) is 17.2 Å². The molecule has 0 aliphatic carbocycles. The van der Waals surface area contributed by atoms with E-state index < -0.39 is 25.0 Å². The third-order valence-electron chi connectivity index (χ3n) is 6.28. The summed E-state index contributed by atoms with van der Waals surface area (Å²) in [5.41, 5.74) is 6.41. The van der Waals surface area contributed by atoms with Crippen LogP contribution in [0.1, 0.15) is 68.9 Å². The molecular formula is C23H38BN5O5. The van der Waals surface area contributed by atoms with Gasteiger partial charge in [-0.25, -0.2) is 0 Å². The third kappa shape index (κ3) is 7.78. The van der Waals surface area contributed by atoms with Crippen LogP contribution >= 0.6 is 0 Å². The zero-order valence-corrected chi connectivity index (χ0v) is 20.4. The van der Waals surface area contributed by atoms with Gasteiger partial charge in [-0.05, 0) is 57.2 Å². The smallest absolute Gasteiger partial charge is 0.426 e. The number of nitrogens with zero attached hydrogens (tertiary/aromatic N) is 2. The number of nitrogens with one attached hydrogen (secondary N) is 2. The maximum atomic E-state index is 12.7. The van der Waals surface area contributed by atoms with Gasteiger partial charge in [-0.2, -0.15) is 0 Å². The highest BCUT2D eigenvalue weighted by atomic mass is 16.4. The second-order valence-corrected chi connectivity index (χ2v) is 9.24. The Labute approximate surface area is 201 Å². The lowest BCUT2D eigenvalue weighted by Crippen LogP contribution is -2.52. The fourth-order valence-corrected chi connectivity index (χ4v) is 4.27. The molecule has 11 heteroatoms. The minimum Gasteiger partial charge on any atom is -0.426 e. The molecule has 3 unspecified atom stereocenters. The van der Waals surface area contributed by atoms with E-state index in [1.807, 2.05) is 13.8 Å². The first-order chi connectivity index (χ1) is 16.1. The quantitative estimate of drug-likeness (QED) is 0.214. The maximum Gasteiger partial charge on any atom is 0.475 e. The summed E-state index contributed by atoms with van der Waals surface area (Å²) < 4.78 is 0. The van der Waals surface area contributed by atoms with Crippen molar-refractivity contribution >= 4 is 24.8 Å². The van der Waals surface area contributed by atoms with Gasteiger partial charge >= 0.3 is 7.12 Å². The van der Waals surface area contributed by atoms with Gasteiger partial charge in [0.15, 0.2) is 0 Å². The Morgan fingerprint density at radius 2 is 2.00 bits per heavy atom. The highest BCUT2D eigenvalue weighted by Crippen LogP contribution is 2.20. The molecule has 1 aliphatic heterocycles. The van der Waals surface area contributed by atoms with Gasteiger partial charge in [0, 0.05) is 24.2 Å². The number of pyridine rings is 1. The fraction of sp³-hybridized carbons (Fsp3) is 0.652. The number of rotatable bonds is 12. The molecule has 1 saturated heterocycles. The van der Waals surface area contributed by atoms with Gasteiger partial charge in [0.2, 0.25) is 11.8 Å². The van der Waals surface area contributed by atoms with E-state index in [1.54, 1.807) is 13.0 Å². The van der Waals surface area contributed by atoms with Crippen molar-refractivity contribution in [2.45, 2.75) is 71.4 Å². The average Bonchev–Trinajstić information content (AvgIpc) is 3.30. The lowest BCUT2D eigenvalue weighted by molar-refractivity contribution is -0.132. The van der Waals surface area contributed by atoms with Crippen LogP contribution in [-0.4, -0.2) is 69.8 Å². The van der Waals surface area contributed by atoms with Crippen molar-refractivity contribution in [2.24, 2.45) is 17.6 Å². The van der Waals surface area contributed by atoms with E-state index in [2.05, 4.69) is 15.6 Å². The molecule has 1 aromatic heterocycles. The Balaban J connectivity index is 1.94. The Morgan fingerprint density at radius 1 is 1.26 bits per heavy atom. The zero-order valence-electron chi connectivity index (χ0n) is 20.4. The van der Waals surface area contributed by atoms with Gasteiger partial charge in [-0.1, -0.05) is 20.3 Å². The largest absolute Gasteiger partial charge is 0.475 e. The first kappa shape index (κ1) is 27.7. The Bertz CT molecular complexity index is 838. The molecule has 1 aliphatic rings. The molecule has 1 aromatic rings. The average molecular weight is 475 g/mol. The van der Waals surface area contributed by atoms with Gasteiger partial charge in [-0.3, -0.25) is 19.4 Å². The van der Waals surface area contributed by atoms with Crippen molar-refractivity contribution in [1.82, 2.24) is 20.5 Å². The molecule has 0 spiro atoms. The van der Waals surface area contributed by atoms with Gasteiger partial charge in [0.05, 0.1) is 18.2 Å². The maximum absolute atomic E-state index is 12.7. The van der Waals surface area contributed by atoms with Crippen LogP contribution in [0.3, 0.4) is 0 Å². The molecule has 2 rings (SSSR count). The first-order valence-corrected chi connectivity index (χ1v) is 12.1. The normalized spacial score (nSPS) is 17.4. The topological polar surface area (TPSA) is 158 Å². The number of nitrogens with two attached hydrogens (primary N) is 1. The molecule has 34 heavy (non-hydrogen) atoms. The van der Waals surface area contributed by atoms with Gasteiger partial charge < -0.3 is 31.3 Å². The molecule has 0 bridgehead atoms. The van der Waals surface area contributed by atoms with E-state index in [-0.39, 0.29) is 30.2 Å². The van der Waals surface area contributed by atoms with Crippen LogP contribution in [0, 0.1) is 11.8 Å². The Hall–Kier alpha value is -2.50. The number of carbonyl (C=O) groups excluding carboxylic acids is 3. The third-order valence-corrected chi connectivity index (χ3v) is 6.28. The van der Waals surface area contributed by atoms with Crippen molar-refractivity contribution in [3.8, 4) is 0 Å². The summed E-state index contributed by atoms with van der Waals surface area (Å²) >= 11 is 0. The number of hydrogen-bond acceptors (Lipinski definition) is 7. The number of unbranched alkanes of at least 4 members (excludes halogenated alkanes) is 1. The summed E-state index contributed by atoms with van der Waals surface area (Å²) in [6.07, 6.45) is 5.23. The molecule has 10 nitrogen and oxygen atoms in total. The van der Waals surface area contributed by atoms with Crippen LogP contribution in [0.4, 0.5) is 0 Å². The fourth-order valence-electron chi connectivity index (χ4n) is 4.27. The number of aromatic nitrogens is 1. The van der Waals surface area contributed by atoms with Crippen LogP contribution in [-0.2, 0) is 16.1 Å². The van der Waals surface area contributed by atoms with Gasteiger partial charge in [-0.15, -0.1) is 0 Å². The number of hydrogen-bond donors (Lipinski definition) is 5. The summed E-state index contributed by atoms with van der Waals surface area (Å²) in [6, 6.07) is 2.29. The molecule has 0 radical (unpaired) electrons. The van der Waals surface area contributed by atoms with Crippen molar-refractivity contribution in [2.75, 3.05) is 13.1 Å². The standard InChI is InChI=1S/C23H38BN5O5/c1-15(2)19(7-4-5-10-25)22(31)27-14-18-13-17(9-11-26-18)21(30)28-16(3)23(32)29-12-6-8-20(29)24(33)34/h9,11,13,15-16,19-20,33-34H,4-8,10,12,14,25H2,1-3H3,(H,27,31)(H,28,30). The summed E-state index contributed by atoms with van der Waals surface area (Å²) in [4.78, 5) is 43.7. The van der Waals surface area contributed by atoms with Crippen molar-refractivity contribution in [1.29, 1.82) is 0 Å². The van der Waals surface area contributed by atoms with Crippen molar-refractivity contribution in [3.05, 3.63) is 29.6 Å². The predicted molar refractivity (Wildman–Crippen MR) is 129 cm³/mol. The summed E-state index contributed by atoms with van der Waals surface area (Å²) in [7, 11) is -1.61. The lowest BCUT2D eigenvalue weighted by Gasteiger charge is -2.27. The van der Waals surface area contributed by atoms with Crippen LogP contribution in [0.2, 0.25) is 0 Å². The Kier molecular flexibility index (Phi) is 10.9. The molecule has 0 aromatic carbocycles. The van der Waals surface area contributed by atoms with Crippen LogP contribution in [0.25, 0.3) is 0 Å². The Morgan fingerprint density at radius 3 is 2.65 bits per heavy atom. The molecule has 3 atom stereocenters. The molecule has 6 N–H and O–H groups in total. The number of amides is 3.